The van der Waals surface area contributed by atoms with Gasteiger partial charge in [-0.1, -0.05) is 0 Å². The second-order valence-corrected chi connectivity index (χ2v) is 6.00. The predicted octanol–water partition coefficient (Wildman–Crippen LogP) is 0.632. The van der Waals surface area contributed by atoms with Gasteiger partial charge in [0.15, 0.2) is 0 Å². The van der Waals surface area contributed by atoms with Gasteiger partial charge in [0.2, 0.25) is 5.91 Å². The maximum Gasteiger partial charge on any atom is 0.219 e. The highest BCUT2D eigenvalue weighted by Gasteiger charge is 2.35. The summed E-state index contributed by atoms with van der Waals surface area (Å²) in [6.45, 7) is 5.92. The van der Waals surface area contributed by atoms with Crippen LogP contribution in [-0.2, 0) is 23.1 Å². The van der Waals surface area contributed by atoms with Crippen molar-refractivity contribution in [2.75, 3.05) is 26.2 Å². The van der Waals surface area contributed by atoms with Gasteiger partial charge in [0, 0.05) is 46.0 Å². The molecule has 0 saturated carbocycles. The Bertz CT molecular complexity index is 502. The van der Waals surface area contributed by atoms with Crippen LogP contribution in [0, 0.1) is 0 Å². The molecule has 0 bridgehead atoms. The molecule has 0 radical (unpaired) electrons. The van der Waals surface area contributed by atoms with Crippen LogP contribution >= 0.6 is 0 Å². The molecule has 1 aromatic rings. The van der Waals surface area contributed by atoms with E-state index in [-0.39, 0.29) is 18.1 Å². The highest BCUT2D eigenvalue weighted by Crippen LogP contribution is 2.24. The van der Waals surface area contributed by atoms with Crippen molar-refractivity contribution < 1.29 is 9.53 Å². The first-order chi connectivity index (χ1) is 10.1. The molecule has 116 valence electrons. The minimum Gasteiger partial charge on any atom is -0.374 e. The SMILES string of the molecule is CC(=O)N1CCOC2CCN(Cc3nccn3C)CCC21. The Hall–Kier alpha value is -1.40. The average molecular weight is 292 g/mol. The van der Waals surface area contributed by atoms with E-state index in [0.717, 1.165) is 44.8 Å². The van der Waals surface area contributed by atoms with Crippen LogP contribution in [0.5, 0.6) is 0 Å². The number of aromatic nitrogens is 2. The molecule has 6 heteroatoms. The summed E-state index contributed by atoms with van der Waals surface area (Å²) in [5, 5.41) is 0. The zero-order valence-corrected chi connectivity index (χ0v) is 12.9. The van der Waals surface area contributed by atoms with Crippen LogP contribution in [0.2, 0.25) is 0 Å². The molecule has 1 aromatic heterocycles. The van der Waals surface area contributed by atoms with E-state index in [0.29, 0.717) is 6.61 Å². The number of ether oxygens (including phenoxy) is 1. The van der Waals surface area contributed by atoms with Crippen LogP contribution in [0.4, 0.5) is 0 Å². The number of morpholine rings is 1. The van der Waals surface area contributed by atoms with E-state index < -0.39 is 0 Å². The lowest BCUT2D eigenvalue weighted by Gasteiger charge is -2.39. The van der Waals surface area contributed by atoms with Gasteiger partial charge in [0.25, 0.3) is 0 Å². The minimum absolute atomic E-state index is 0.172. The average Bonchev–Trinajstić information content (AvgIpc) is 2.75. The van der Waals surface area contributed by atoms with E-state index in [4.69, 9.17) is 4.74 Å². The smallest absolute Gasteiger partial charge is 0.219 e. The normalized spacial score (nSPS) is 27.2. The number of amides is 1. The van der Waals surface area contributed by atoms with E-state index in [1.165, 1.54) is 0 Å². The molecular weight excluding hydrogens is 268 g/mol. The van der Waals surface area contributed by atoms with E-state index in [1.54, 1.807) is 6.92 Å². The van der Waals surface area contributed by atoms with Gasteiger partial charge in [-0.2, -0.15) is 0 Å². The second kappa shape index (κ2) is 6.15. The van der Waals surface area contributed by atoms with Gasteiger partial charge in [0.1, 0.15) is 5.82 Å². The number of imidazole rings is 1. The van der Waals surface area contributed by atoms with Crippen molar-refractivity contribution in [3.8, 4) is 0 Å². The number of hydrogen-bond donors (Lipinski definition) is 0. The first-order valence-electron chi connectivity index (χ1n) is 7.72. The maximum atomic E-state index is 11.8. The Balaban J connectivity index is 1.65. The third kappa shape index (κ3) is 3.11. The van der Waals surface area contributed by atoms with Crippen molar-refractivity contribution in [3.05, 3.63) is 18.2 Å². The highest BCUT2D eigenvalue weighted by molar-refractivity contribution is 5.73. The zero-order valence-electron chi connectivity index (χ0n) is 12.9. The predicted molar refractivity (Wildman–Crippen MR) is 78.6 cm³/mol. The fourth-order valence-corrected chi connectivity index (χ4v) is 3.43. The summed E-state index contributed by atoms with van der Waals surface area (Å²) in [5.41, 5.74) is 0. The molecule has 2 fully saturated rings. The van der Waals surface area contributed by atoms with Crippen LogP contribution in [0.15, 0.2) is 12.4 Å². The number of carbonyl (C=O) groups is 1. The first-order valence-corrected chi connectivity index (χ1v) is 7.72. The van der Waals surface area contributed by atoms with Crippen molar-refractivity contribution in [1.82, 2.24) is 19.4 Å². The van der Waals surface area contributed by atoms with Crippen molar-refractivity contribution >= 4 is 5.91 Å². The summed E-state index contributed by atoms with van der Waals surface area (Å²) < 4.78 is 7.97. The molecular formula is C15H24N4O2. The van der Waals surface area contributed by atoms with E-state index in [1.807, 2.05) is 24.3 Å². The number of likely N-dealkylation sites (tertiary alicyclic amines) is 1. The molecule has 3 heterocycles. The van der Waals surface area contributed by atoms with E-state index in [2.05, 4.69) is 14.5 Å². The molecule has 2 atom stereocenters. The number of rotatable bonds is 2. The van der Waals surface area contributed by atoms with Crippen LogP contribution in [0.3, 0.4) is 0 Å². The van der Waals surface area contributed by atoms with Gasteiger partial charge in [-0.25, -0.2) is 4.98 Å². The van der Waals surface area contributed by atoms with Crippen LogP contribution in [-0.4, -0.2) is 63.6 Å². The standard InChI is InChI=1S/C15H24N4O2/c1-12(20)19-9-10-21-14-4-7-18(6-3-13(14)19)11-15-16-5-8-17(15)2/h5,8,13-14H,3-4,6-7,9-11H2,1-2H3. The van der Waals surface area contributed by atoms with E-state index in [9.17, 15) is 4.79 Å². The van der Waals surface area contributed by atoms with Crippen LogP contribution in [0.1, 0.15) is 25.6 Å². The first kappa shape index (κ1) is 14.5. The Morgan fingerprint density at radius 1 is 1.38 bits per heavy atom. The number of fused-ring (bicyclic) bond motifs is 1. The molecule has 6 nitrogen and oxygen atoms in total. The molecule has 0 aromatic carbocycles. The quantitative estimate of drug-likeness (QED) is 0.802. The van der Waals surface area contributed by atoms with Gasteiger partial charge in [-0.05, 0) is 12.8 Å². The lowest BCUT2D eigenvalue weighted by Crippen LogP contribution is -2.52. The minimum atomic E-state index is 0.172. The maximum absolute atomic E-state index is 11.8. The van der Waals surface area contributed by atoms with Gasteiger partial charge >= 0.3 is 0 Å². The number of carbonyl (C=O) groups excluding carboxylic acids is 1. The Morgan fingerprint density at radius 2 is 2.19 bits per heavy atom. The molecule has 1 amide bonds. The van der Waals surface area contributed by atoms with Crippen LogP contribution < -0.4 is 0 Å². The van der Waals surface area contributed by atoms with Crippen molar-refractivity contribution in [2.24, 2.45) is 7.05 Å². The lowest BCUT2D eigenvalue weighted by molar-refractivity contribution is -0.144. The van der Waals surface area contributed by atoms with Crippen molar-refractivity contribution in [2.45, 2.75) is 38.5 Å². The number of nitrogens with zero attached hydrogens (tertiary/aromatic N) is 4. The highest BCUT2D eigenvalue weighted by atomic mass is 16.5. The third-order valence-corrected chi connectivity index (χ3v) is 4.66. The second-order valence-electron chi connectivity index (χ2n) is 6.00. The lowest BCUT2D eigenvalue weighted by atomic mass is 10.0. The molecule has 2 unspecified atom stereocenters. The van der Waals surface area contributed by atoms with Crippen molar-refractivity contribution in [1.29, 1.82) is 0 Å². The molecule has 0 N–H and O–H groups in total. The van der Waals surface area contributed by atoms with Crippen LogP contribution in [0.25, 0.3) is 0 Å². The van der Waals surface area contributed by atoms with Crippen molar-refractivity contribution in [3.63, 3.8) is 0 Å². The fraction of sp³-hybridized carbons (Fsp3) is 0.733. The summed E-state index contributed by atoms with van der Waals surface area (Å²) >= 11 is 0. The molecule has 2 saturated heterocycles. The van der Waals surface area contributed by atoms with Gasteiger partial charge < -0.3 is 14.2 Å². The summed E-state index contributed by atoms with van der Waals surface area (Å²) in [7, 11) is 2.03. The summed E-state index contributed by atoms with van der Waals surface area (Å²) in [5.74, 6) is 1.26. The zero-order chi connectivity index (χ0) is 14.8. The van der Waals surface area contributed by atoms with Gasteiger partial charge in [-0.15, -0.1) is 0 Å². The topological polar surface area (TPSA) is 50.6 Å². The van der Waals surface area contributed by atoms with E-state index >= 15 is 0 Å². The third-order valence-electron chi connectivity index (χ3n) is 4.66. The molecule has 0 aliphatic carbocycles. The molecule has 21 heavy (non-hydrogen) atoms. The Morgan fingerprint density at radius 3 is 2.90 bits per heavy atom. The molecule has 0 spiro atoms. The molecule has 2 aliphatic heterocycles. The summed E-state index contributed by atoms with van der Waals surface area (Å²) in [6, 6.07) is 0.239. The molecule has 2 aliphatic rings. The number of hydrogen-bond acceptors (Lipinski definition) is 4. The fourth-order valence-electron chi connectivity index (χ4n) is 3.43. The largest absolute Gasteiger partial charge is 0.374 e. The monoisotopic (exact) mass is 292 g/mol. The van der Waals surface area contributed by atoms with Gasteiger partial charge in [-0.3, -0.25) is 9.69 Å². The Labute approximate surface area is 125 Å². The summed E-state index contributed by atoms with van der Waals surface area (Å²) in [6.07, 6.45) is 5.98. The summed E-state index contributed by atoms with van der Waals surface area (Å²) in [4.78, 5) is 20.6. The number of aryl methyl sites for hydroxylation is 1. The van der Waals surface area contributed by atoms with Gasteiger partial charge in [0.05, 0.1) is 25.3 Å². The Kier molecular flexibility index (Phi) is 4.26. The molecule has 3 rings (SSSR count).